The lowest BCUT2D eigenvalue weighted by Crippen LogP contribution is -2.52. The smallest absolute Gasteiger partial charge is 0.240 e. The van der Waals surface area contributed by atoms with Crippen molar-refractivity contribution in [2.45, 2.75) is 38.1 Å². The fourth-order valence-electron chi connectivity index (χ4n) is 5.30. The number of hydrogen-bond donors (Lipinski definition) is 3. The SMILES string of the molecule is Cl.NCC1CCC(C(=O)N(c2ccc(-c3nn[nH]n3)cc2)[C@@H](Cc2ccc(-c3cncc(Cl)c3)cc2)C(N)=O)CC1. The molecule has 10 nitrogen and oxygen atoms in total. The van der Waals surface area contributed by atoms with E-state index in [0.29, 0.717) is 29.0 Å². The number of halogens is 2. The number of nitrogens with zero attached hydrogens (tertiary/aromatic N) is 5. The van der Waals surface area contributed by atoms with Crippen LogP contribution in [-0.2, 0) is 16.0 Å². The molecule has 5 N–H and O–H groups in total. The zero-order valence-electron chi connectivity index (χ0n) is 22.3. The molecule has 2 aromatic carbocycles. The molecule has 1 aliphatic carbocycles. The van der Waals surface area contributed by atoms with E-state index in [-0.39, 0.29) is 30.7 Å². The zero-order valence-corrected chi connectivity index (χ0v) is 23.9. The molecule has 2 aromatic heterocycles. The molecule has 0 unspecified atom stereocenters. The van der Waals surface area contributed by atoms with Crippen molar-refractivity contribution in [1.82, 2.24) is 25.6 Å². The first-order valence-corrected chi connectivity index (χ1v) is 13.7. The number of tetrazole rings is 1. The number of benzene rings is 2. The summed E-state index contributed by atoms with van der Waals surface area (Å²) < 4.78 is 0. The second-order valence-corrected chi connectivity index (χ2v) is 10.6. The van der Waals surface area contributed by atoms with Gasteiger partial charge in [0.25, 0.3) is 0 Å². The van der Waals surface area contributed by atoms with Gasteiger partial charge in [0.2, 0.25) is 17.6 Å². The average Bonchev–Trinajstić information content (AvgIpc) is 3.53. The van der Waals surface area contributed by atoms with Crippen LogP contribution in [0.2, 0.25) is 5.02 Å². The number of rotatable bonds is 9. The number of nitrogens with two attached hydrogens (primary N) is 2. The Labute approximate surface area is 249 Å². The minimum absolute atomic E-state index is 0. The average molecular weight is 596 g/mol. The zero-order chi connectivity index (χ0) is 28.1. The van der Waals surface area contributed by atoms with Crippen LogP contribution in [0.25, 0.3) is 22.5 Å². The number of nitrogens with one attached hydrogen (secondary N) is 1. The van der Waals surface area contributed by atoms with E-state index in [1.165, 1.54) is 0 Å². The van der Waals surface area contributed by atoms with Gasteiger partial charge in [0, 0.05) is 41.5 Å². The predicted octanol–water partition coefficient (Wildman–Crippen LogP) is 4.20. The standard InChI is InChI=1S/C29H31ClN8O2.ClH/c30-24-14-23(16-33-17-24)20-5-1-18(2-6-20)13-26(27(32)39)38(29(40)22-7-3-19(15-31)4-8-22)25-11-9-21(10-12-25)28-34-36-37-35-28;/h1-2,5-6,9-12,14,16-17,19,22,26H,3-4,7-8,13,15,31H2,(H2,32,39)(H,34,35,36,37);1H/t19?,22?,26-;/m0./s1. The molecule has 214 valence electrons. The molecule has 1 fully saturated rings. The van der Waals surface area contributed by atoms with Gasteiger partial charge in [-0.3, -0.25) is 19.5 Å². The fourth-order valence-corrected chi connectivity index (χ4v) is 5.48. The van der Waals surface area contributed by atoms with Gasteiger partial charge in [-0.25, -0.2) is 0 Å². The lowest BCUT2D eigenvalue weighted by atomic mass is 9.81. The van der Waals surface area contributed by atoms with Crippen molar-refractivity contribution in [3.05, 3.63) is 77.6 Å². The molecule has 12 heteroatoms. The molecule has 0 spiro atoms. The second-order valence-electron chi connectivity index (χ2n) is 10.2. The highest BCUT2D eigenvalue weighted by molar-refractivity contribution is 6.30. The Bertz CT molecular complexity index is 1440. The minimum Gasteiger partial charge on any atom is -0.368 e. The Morgan fingerprint density at radius 3 is 2.24 bits per heavy atom. The van der Waals surface area contributed by atoms with Crippen molar-refractivity contribution >= 4 is 41.5 Å². The maximum absolute atomic E-state index is 14.0. The highest BCUT2D eigenvalue weighted by Crippen LogP contribution is 2.33. The number of aromatic amines is 1. The van der Waals surface area contributed by atoms with Crippen molar-refractivity contribution in [2.24, 2.45) is 23.3 Å². The molecule has 0 aliphatic heterocycles. The Hall–Kier alpha value is -3.86. The van der Waals surface area contributed by atoms with Crippen molar-refractivity contribution in [1.29, 1.82) is 0 Å². The molecule has 4 aromatic rings. The van der Waals surface area contributed by atoms with Gasteiger partial charge in [0.15, 0.2) is 0 Å². The first-order chi connectivity index (χ1) is 19.4. The molecular weight excluding hydrogens is 563 g/mol. The monoisotopic (exact) mass is 594 g/mol. The highest BCUT2D eigenvalue weighted by atomic mass is 35.5. The number of anilines is 1. The van der Waals surface area contributed by atoms with Crippen LogP contribution in [-0.4, -0.2) is 50.0 Å². The third-order valence-electron chi connectivity index (χ3n) is 7.58. The Balaban J connectivity index is 0.00000387. The number of hydrogen-bond acceptors (Lipinski definition) is 7. The van der Waals surface area contributed by atoms with Crippen LogP contribution >= 0.6 is 24.0 Å². The lowest BCUT2D eigenvalue weighted by Gasteiger charge is -2.35. The molecule has 1 aliphatic rings. The normalized spacial score (nSPS) is 17.3. The van der Waals surface area contributed by atoms with E-state index >= 15 is 0 Å². The van der Waals surface area contributed by atoms with Gasteiger partial charge in [-0.15, -0.1) is 22.6 Å². The molecular formula is C29H32Cl2N8O2. The van der Waals surface area contributed by atoms with E-state index in [4.69, 9.17) is 23.1 Å². The van der Waals surface area contributed by atoms with E-state index in [0.717, 1.165) is 47.9 Å². The molecule has 0 bridgehead atoms. The number of carbonyl (C=O) groups is 2. The molecule has 1 saturated carbocycles. The summed E-state index contributed by atoms with van der Waals surface area (Å²) in [6.07, 6.45) is 6.82. The van der Waals surface area contributed by atoms with Crippen LogP contribution in [0.5, 0.6) is 0 Å². The molecule has 2 heterocycles. The number of aromatic nitrogens is 5. The molecule has 0 saturated heterocycles. The van der Waals surface area contributed by atoms with Crippen LogP contribution in [0, 0.1) is 11.8 Å². The van der Waals surface area contributed by atoms with Crippen LogP contribution < -0.4 is 16.4 Å². The highest BCUT2D eigenvalue weighted by Gasteiger charge is 2.36. The predicted molar refractivity (Wildman–Crippen MR) is 160 cm³/mol. The van der Waals surface area contributed by atoms with E-state index in [2.05, 4.69) is 25.6 Å². The fraction of sp³-hybridized carbons (Fsp3) is 0.310. The van der Waals surface area contributed by atoms with Gasteiger partial charge in [-0.2, -0.15) is 5.21 Å². The van der Waals surface area contributed by atoms with E-state index in [1.54, 1.807) is 41.6 Å². The maximum atomic E-state index is 14.0. The number of carbonyl (C=O) groups excluding carboxylic acids is 2. The number of primary amides is 1. The maximum Gasteiger partial charge on any atom is 0.240 e. The first-order valence-electron chi connectivity index (χ1n) is 13.3. The Kier molecular flexibility index (Phi) is 10.0. The quantitative estimate of drug-likeness (QED) is 0.262. The molecule has 5 rings (SSSR count). The molecule has 1 atom stereocenters. The van der Waals surface area contributed by atoms with Crippen LogP contribution in [0.4, 0.5) is 5.69 Å². The van der Waals surface area contributed by atoms with Gasteiger partial charge < -0.3 is 11.5 Å². The van der Waals surface area contributed by atoms with E-state index in [9.17, 15) is 9.59 Å². The minimum atomic E-state index is -0.880. The number of H-pyrrole nitrogens is 1. The summed E-state index contributed by atoms with van der Waals surface area (Å²) in [7, 11) is 0. The second kappa shape index (κ2) is 13.7. The summed E-state index contributed by atoms with van der Waals surface area (Å²) in [6.45, 7) is 0.618. The summed E-state index contributed by atoms with van der Waals surface area (Å²) in [5, 5.41) is 14.6. The van der Waals surface area contributed by atoms with Gasteiger partial charge in [0.05, 0.1) is 5.02 Å². The van der Waals surface area contributed by atoms with Crippen LogP contribution in [0.15, 0.2) is 67.0 Å². The van der Waals surface area contributed by atoms with E-state index < -0.39 is 11.9 Å². The van der Waals surface area contributed by atoms with Crippen LogP contribution in [0.3, 0.4) is 0 Å². The summed E-state index contributed by atoms with van der Waals surface area (Å²) in [5.41, 5.74) is 15.9. The van der Waals surface area contributed by atoms with Crippen molar-refractivity contribution in [2.75, 3.05) is 11.4 Å². The third-order valence-corrected chi connectivity index (χ3v) is 7.78. The Morgan fingerprint density at radius 1 is 0.976 bits per heavy atom. The number of pyridine rings is 1. The summed E-state index contributed by atoms with van der Waals surface area (Å²) in [5.74, 6) is -0.0281. The number of amides is 2. The Morgan fingerprint density at radius 2 is 1.66 bits per heavy atom. The van der Waals surface area contributed by atoms with Crippen molar-refractivity contribution < 1.29 is 9.59 Å². The summed E-state index contributed by atoms with van der Waals surface area (Å²) in [6, 6.07) is 15.9. The third kappa shape index (κ3) is 7.08. The van der Waals surface area contributed by atoms with Crippen molar-refractivity contribution in [3.8, 4) is 22.5 Å². The molecule has 41 heavy (non-hydrogen) atoms. The topological polar surface area (TPSA) is 157 Å². The van der Waals surface area contributed by atoms with Gasteiger partial charge in [-0.05, 0) is 84.8 Å². The van der Waals surface area contributed by atoms with E-state index in [1.807, 2.05) is 30.3 Å². The van der Waals surface area contributed by atoms with Crippen LogP contribution in [0.1, 0.15) is 31.2 Å². The lowest BCUT2D eigenvalue weighted by molar-refractivity contribution is -0.127. The molecule has 2 amide bonds. The van der Waals surface area contributed by atoms with Gasteiger partial charge in [0.1, 0.15) is 6.04 Å². The first kappa shape index (κ1) is 30.1. The van der Waals surface area contributed by atoms with Gasteiger partial charge in [-0.1, -0.05) is 35.9 Å². The summed E-state index contributed by atoms with van der Waals surface area (Å²) >= 11 is 6.10. The van der Waals surface area contributed by atoms with Gasteiger partial charge >= 0.3 is 0 Å². The largest absolute Gasteiger partial charge is 0.368 e. The van der Waals surface area contributed by atoms with Crippen molar-refractivity contribution in [3.63, 3.8) is 0 Å². The molecule has 0 radical (unpaired) electrons. The summed E-state index contributed by atoms with van der Waals surface area (Å²) in [4.78, 5) is 32.7.